The van der Waals surface area contributed by atoms with Crippen molar-refractivity contribution in [1.29, 1.82) is 0 Å². The van der Waals surface area contributed by atoms with Gasteiger partial charge in [-0.3, -0.25) is 0 Å². The Bertz CT molecular complexity index is 2470. The molecule has 2 aliphatic rings. The van der Waals surface area contributed by atoms with Gasteiger partial charge in [-0.15, -0.1) is 0 Å². The molecular formula is C43H26BrN. The summed E-state index contributed by atoms with van der Waals surface area (Å²) in [4.78, 5) is 0. The zero-order valence-corrected chi connectivity index (χ0v) is 25.9. The van der Waals surface area contributed by atoms with Gasteiger partial charge in [0.25, 0.3) is 0 Å². The highest BCUT2D eigenvalue weighted by molar-refractivity contribution is 9.10. The van der Waals surface area contributed by atoms with Crippen molar-refractivity contribution in [2.24, 2.45) is 0 Å². The van der Waals surface area contributed by atoms with Crippen molar-refractivity contribution >= 4 is 37.7 Å². The van der Waals surface area contributed by atoms with Crippen LogP contribution in [0, 0.1) is 0 Å². The molecule has 0 atom stereocenters. The molecule has 0 saturated carbocycles. The minimum atomic E-state index is -0.327. The number of fused-ring (bicyclic) bond motifs is 13. The van der Waals surface area contributed by atoms with E-state index in [4.69, 9.17) is 0 Å². The second kappa shape index (κ2) is 9.17. The molecule has 0 bridgehead atoms. The number of aromatic nitrogens is 1. The van der Waals surface area contributed by atoms with Gasteiger partial charge in [-0.2, -0.15) is 0 Å². The average Bonchev–Trinajstić information content (AvgIpc) is 3.69. The first-order valence-corrected chi connectivity index (χ1v) is 16.3. The third-order valence-corrected chi connectivity index (χ3v) is 10.6. The molecule has 0 unspecified atom stereocenters. The summed E-state index contributed by atoms with van der Waals surface area (Å²) in [5.41, 5.74) is 16.5. The maximum absolute atomic E-state index is 3.67. The first kappa shape index (κ1) is 25.2. The van der Waals surface area contributed by atoms with Crippen LogP contribution in [0.1, 0.15) is 22.3 Å². The summed E-state index contributed by atoms with van der Waals surface area (Å²) in [6.07, 6.45) is 0. The summed E-state index contributed by atoms with van der Waals surface area (Å²) in [7, 11) is 0. The summed E-state index contributed by atoms with van der Waals surface area (Å²) >= 11 is 3.67. The van der Waals surface area contributed by atoms with E-state index < -0.39 is 0 Å². The Morgan fingerprint density at radius 3 is 1.69 bits per heavy atom. The normalized spacial score (nSPS) is 13.6. The minimum absolute atomic E-state index is 0.327. The molecule has 10 rings (SSSR count). The Hall–Kier alpha value is -5.18. The van der Waals surface area contributed by atoms with Gasteiger partial charge in [0, 0.05) is 20.9 Å². The monoisotopic (exact) mass is 635 g/mol. The highest BCUT2D eigenvalue weighted by atomic mass is 79.9. The van der Waals surface area contributed by atoms with Crippen LogP contribution in [0.25, 0.3) is 60.9 Å². The number of benzene rings is 7. The van der Waals surface area contributed by atoms with Gasteiger partial charge in [-0.1, -0.05) is 137 Å². The molecule has 0 saturated heterocycles. The molecule has 2 aliphatic carbocycles. The van der Waals surface area contributed by atoms with Gasteiger partial charge >= 0.3 is 0 Å². The molecule has 45 heavy (non-hydrogen) atoms. The van der Waals surface area contributed by atoms with Crippen LogP contribution in [0.15, 0.2) is 162 Å². The topological polar surface area (TPSA) is 4.93 Å². The third-order valence-electron chi connectivity index (χ3n) is 10.1. The molecule has 0 N–H and O–H groups in total. The van der Waals surface area contributed by atoms with Gasteiger partial charge in [0.15, 0.2) is 0 Å². The molecule has 7 aromatic carbocycles. The molecule has 0 amide bonds. The van der Waals surface area contributed by atoms with Crippen LogP contribution in [0.3, 0.4) is 0 Å². The average molecular weight is 637 g/mol. The molecule has 210 valence electrons. The fraction of sp³-hybridized carbons (Fsp3) is 0.0233. The maximum atomic E-state index is 3.67. The number of para-hydroxylation sites is 1. The molecule has 1 nitrogen and oxygen atoms in total. The van der Waals surface area contributed by atoms with Crippen LogP contribution in [0.4, 0.5) is 0 Å². The first-order valence-electron chi connectivity index (χ1n) is 15.5. The van der Waals surface area contributed by atoms with Gasteiger partial charge in [0.1, 0.15) is 0 Å². The van der Waals surface area contributed by atoms with Gasteiger partial charge < -0.3 is 4.57 Å². The molecule has 0 fully saturated rings. The number of hydrogen-bond donors (Lipinski definition) is 0. The third kappa shape index (κ3) is 3.27. The summed E-state index contributed by atoms with van der Waals surface area (Å²) in [6.45, 7) is 0. The SMILES string of the molecule is Brc1cccc(-c2ccc3c4ccccc4n(-c4ccc5c(c4)-c4ccccc4C54c5ccccc5-c5ccccc54)c3c2)c1. The summed E-state index contributed by atoms with van der Waals surface area (Å²) < 4.78 is 3.54. The fourth-order valence-electron chi connectivity index (χ4n) is 8.32. The van der Waals surface area contributed by atoms with E-state index in [-0.39, 0.29) is 5.41 Å². The van der Waals surface area contributed by atoms with Crippen LogP contribution >= 0.6 is 15.9 Å². The van der Waals surface area contributed by atoms with Crippen molar-refractivity contribution in [3.8, 4) is 39.1 Å². The lowest BCUT2D eigenvalue weighted by molar-refractivity contribution is 0.793. The van der Waals surface area contributed by atoms with Crippen molar-refractivity contribution in [2.45, 2.75) is 5.41 Å². The van der Waals surface area contributed by atoms with Crippen LogP contribution in [0.2, 0.25) is 0 Å². The Morgan fingerprint density at radius 2 is 0.978 bits per heavy atom. The molecule has 1 spiro atoms. The lowest BCUT2D eigenvalue weighted by Crippen LogP contribution is -2.25. The largest absolute Gasteiger partial charge is 0.309 e. The molecule has 2 heteroatoms. The second-order valence-corrected chi connectivity index (χ2v) is 13.1. The Labute approximate surface area is 270 Å². The van der Waals surface area contributed by atoms with Crippen LogP contribution < -0.4 is 0 Å². The molecule has 0 radical (unpaired) electrons. The highest BCUT2D eigenvalue weighted by Crippen LogP contribution is 2.62. The summed E-state index contributed by atoms with van der Waals surface area (Å²) in [5, 5.41) is 2.53. The molecule has 1 aromatic heterocycles. The smallest absolute Gasteiger partial charge is 0.0725 e. The summed E-state index contributed by atoms with van der Waals surface area (Å²) in [5.74, 6) is 0. The van der Waals surface area contributed by atoms with Gasteiger partial charge in [0.05, 0.1) is 16.4 Å². The van der Waals surface area contributed by atoms with E-state index in [1.54, 1.807) is 0 Å². The molecule has 1 heterocycles. The van der Waals surface area contributed by atoms with Crippen LogP contribution in [-0.2, 0) is 5.41 Å². The van der Waals surface area contributed by atoms with Gasteiger partial charge in [-0.25, -0.2) is 0 Å². The van der Waals surface area contributed by atoms with E-state index in [1.807, 2.05) is 0 Å². The Morgan fingerprint density at radius 1 is 0.400 bits per heavy atom. The minimum Gasteiger partial charge on any atom is -0.309 e. The lowest BCUT2D eigenvalue weighted by Gasteiger charge is -2.30. The van der Waals surface area contributed by atoms with E-state index in [2.05, 4.69) is 178 Å². The van der Waals surface area contributed by atoms with Gasteiger partial charge in [-0.05, 0) is 92.0 Å². The van der Waals surface area contributed by atoms with Crippen molar-refractivity contribution in [1.82, 2.24) is 4.57 Å². The Kier molecular flexibility index (Phi) is 5.13. The predicted octanol–water partition coefficient (Wildman–Crippen LogP) is 11.6. The number of halogens is 1. The number of nitrogens with zero attached hydrogens (tertiary/aromatic N) is 1. The summed E-state index contributed by atoms with van der Waals surface area (Å²) in [6, 6.07) is 58.5. The van der Waals surface area contributed by atoms with E-state index >= 15 is 0 Å². The van der Waals surface area contributed by atoms with Gasteiger partial charge in [0.2, 0.25) is 0 Å². The number of hydrogen-bond acceptors (Lipinski definition) is 0. The van der Waals surface area contributed by atoms with Crippen molar-refractivity contribution in [3.63, 3.8) is 0 Å². The second-order valence-electron chi connectivity index (χ2n) is 12.2. The predicted molar refractivity (Wildman–Crippen MR) is 190 cm³/mol. The molecule has 0 aliphatic heterocycles. The highest BCUT2D eigenvalue weighted by Gasteiger charge is 2.51. The number of rotatable bonds is 2. The van der Waals surface area contributed by atoms with Crippen molar-refractivity contribution < 1.29 is 0 Å². The zero-order valence-electron chi connectivity index (χ0n) is 24.3. The van der Waals surface area contributed by atoms with Crippen molar-refractivity contribution in [2.75, 3.05) is 0 Å². The molecule has 8 aromatic rings. The van der Waals surface area contributed by atoms with Crippen LogP contribution in [0.5, 0.6) is 0 Å². The van der Waals surface area contributed by atoms with Crippen molar-refractivity contribution in [3.05, 3.63) is 184 Å². The lowest BCUT2D eigenvalue weighted by atomic mass is 9.70. The standard InChI is InChI=1S/C43H26BrN/c44-29-11-9-10-27(24-29)28-20-22-35-34-15-4-8-19-41(34)45(42(35)25-28)30-21-23-40-36(26-30)33-14-3-7-18-39(33)43(40)37-16-5-1-12-31(37)32-13-2-6-17-38(32)43/h1-26H. The van der Waals surface area contributed by atoms with E-state index in [1.165, 1.54) is 83.1 Å². The maximum Gasteiger partial charge on any atom is 0.0725 e. The Balaban J connectivity index is 1.27. The van der Waals surface area contributed by atoms with E-state index in [0.717, 1.165) is 4.47 Å². The van der Waals surface area contributed by atoms with Crippen LogP contribution in [-0.4, -0.2) is 4.57 Å². The van der Waals surface area contributed by atoms with E-state index in [9.17, 15) is 0 Å². The molecular weight excluding hydrogens is 610 g/mol. The first-order chi connectivity index (χ1) is 22.2. The zero-order chi connectivity index (χ0) is 29.7. The quantitative estimate of drug-likeness (QED) is 0.178. The van der Waals surface area contributed by atoms with E-state index in [0.29, 0.717) is 0 Å². The fourth-order valence-corrected chi connectivity index (χ4v) is 8.72.